The number of benzene rings is 2. The van der Waals surface area contributed by atoms with Crippen molar-refractivity contribution in [1.29, 1.82) is 0 Å². The molecule has 0 aromatic heterocycles. The molecule has 1 fully saturated rings. The van der Waals surface area contributed by atoms with Crippen molar-refractivity contribution in [3.63, 3.8) is 0 Å². The number of rotatable bonds is 6. The summed E-state index contributed by atoms with van der Waals surface area (Å²) >= 11 is 5.96. The first-order valence-electron chi connectivity index (χ1n) is 8.18. The Labute approximate surface area is 169 Å². The first kappa shape index (κ1) is 21.1. The smallest absolute Gasteiger partial charge is 0.256 e. The molecule has 12 heteroatoms. The fourth-order valence-corrected chi connectivity index (χ4v) is 5.49. The third-order valence-corrected chi connectivity index (χ3v) is 7.96. The maximum Gasteiger partial charge on any atom is 0.256 e. The molecule has 2 aromatic rings. The minimum absolute atomic E-state index is 0.0310. The Morgan fingerprint density at radius 2 is 1.89 bits per heavy atom. The lowest BCUT2D eigenvalue weighted by atomic mass is 10.1. The van der Waals surface area contributed by atoms with Gasteiger partial charge in [0.1, 0.15) is 17.7 Å². The van der Waals surface area contributed by atoms with E-state index in [0.29, 0.717) is 9.39 Å². The molecule has 9 nitrogen and oxygen atoms in total. The van der Waals surface area contributed by atoms with Crippen LogP contribution < -0.4 is 9.03 Å². The van der Waals surface area contributed by atoms with Crippen molar-refractivity contribution >= 4 is 38.4 Å². The maximum absolute atomic E-state index is 12.4. The van der Waals surface area contributed by atoms with E-state index in [2.05, 4.69) is 4.72 Å². The summed E-state index contributed by atoms with van der Waals surface area (Å²) in [4.78, 5) is 0.0773. The van der Waals surface area contributed by atoms with Gasteiger partial charge in [0.25, 0.3) is 10.0 Å². The number of hydrogen-bond donors (Lipinski definition) is 5. The highest BCUT2D eigenvalue weighted by atomic mass is 35.5. The molecule has 1 atom stereocenters. The van der Waals surface area contributed by atoms with E-state index in [9.17, 15) is 27.7 Å². The average Bonchev–Trinajstić information content (AvgIpc) is 2.92. The van der Waals surface area contributed by atoms with Crippen molar-refractivity contribution in [1.82, 2.24) is 8.55 Å². The SMILES string of the molecule is O=S(=O)(c1ccccc1)N(Cl)CCc1ccc(N2CC(O)NS2(O)O)c(O)c1. The molecule has 0 saturated carbocycles. The lowest BCUT2D eigenvalue weighted by Crippen LogP contribution is -2.26. The van der Waals surface area contributed by atoms with Gasteiger partial charge in [-0.05, 0) is 48.0 Å². The molecule has 28 heavy (non-hydrogen) atoms. The number of phenols is 1. The van der Waals surface area contributed by atoms with Crippen LogP contribution in [0.25, 0.3) is 0 Å². The second-order valence-corrected chi connectivity index (χ2v) is 10.3. The molecule has 1 unspecified atom stereocenters. The molecule has 1 heterocycles. The van der Waals surface area contributed by atoms with E-state index in [-0.39, 0.29) is 35.8 Å². The Morgan fingerprint density at radius 1 is 1.21 bits per heavy atom. The molecule has 0 bridgehead atoms. The van der Waals surface area contributed by atoms with E-state index in [1.807, 2.05) is 0 Å². The first-order chi connectivity index (χ1) is 13.1. The molecule has 1 aliphatic heterocycles. The molecule has 0 radical (unpaired) electrons. The van der Waals surface area contributed by atoms with Gasteiger partial charge in [-0.25, -0.2) is 8.42 Å². The zero-order valence-electron chi connectivity index (χ0n) is 14.5. The highest BCUT2D eigenvalue weighted by Crippen LogP contribution is 2.49. The molecule has 0 spiro atoms. The van der Waals surface area contributed by atoms with E-state index in [0.717, 1.165) is 4.31 Å². The average molecular weight is 450 g/mol. The molecular formula is C16H20ClN3O6S2. The normalized spacial score (nSPS) is 20.5. The van der Waals surface area contributed by atoms with Gasteiger partial charge in [0.05, 0.1) is 11.4 Å². The zero-order chi connectivity index (χ0) is 20.5. The minimum atomic E-state index is -3.83. The van der Waals surface area contributed by atoms with Crippen LogP contribution in [0.3, 0.4) is 0 Å². The molecule has 0 aliphatic carbocycles. The quantitative estimate of drug-likeness (QED) is 0.423. The van der Waals surface area contributed by atoms with E-state index in [4.69, 9.17) is 11.8 Å². The molecule has 0 amide bonds. The second-order valence-electron chi connectivity index (χ2n) is 6.12. The Kier molecular flexibility index (Phi) is 6.08. The topological polar surface area (TPSA) is 134 Å². The predicted octanol–water partition coefficient (Wildman–Crippen LogP) is 2.09. The largest absolute Gasteiger partial charge is 0.506 e. The molecule has 1 aliphatic rings. The van der Waals surface area contributed by atoms with Gasteiger partial charge in [0, 0.05) is 6.54 Å². The Bertz CT molecular complexity index is 945. The molecule has 154 valence electrons. The predicted molar refractivity (Wildman–Crippen MR) is 107 cm³/mol. The van der Waals surface area contributed by atoms with Gasteiger partial charge in [-0.2, -0.15) is 4.72 Å². The summed E-state index contributed by atoms with van der Waals surface area (Å²) < 4.78 is 48.7. The van der Waals surface area contributed by atoms with Crippen LogP contribution in [0.15, 0.2) is 53.4 Å². The summed E-state index contributed by atoms with van der Waals surface area (Å²) in [6, 6.07) is 12.2. The zero-order valence-corrected chi connectivity index (χ0v) is 16.9. The number of anilines is 1. The van der Waals surface area contributed by atoms with Gasteiger partial charge in [-0.1, -0.05) is 35.2 Å². The Balaban J connectivity index is 1.70. The summed E-state index contributed by atoms with van der Waals surface area (Å²) in [6.07, 6.45) is -0.919. The maximum atomic E-state index is 12.4. The third kappa shape index (κ3) is 4.36. The number of phenolic OH excluding ortho intramolecular Hbond substituents is 1. The Morgan fingerprint density at radius 3 is 2.46 bits per heavy atom. The number of halogens is 1. The number of nitrogens with zero attached hydrogens (tertiary/aromatic N) is 2. The van der Waals surface area contributed by atoms with Gasteiger partial charge < -0.3 is 10.2 Å². The number of aromatic hydroxyl groups is 1. The van der Waals surface area contributed by atoms with E-state index in [1.165, 1.54) is 24.3 Å². The minimum Gasteiger partial charge on any atom is -0.506 e. The number of β-amino-alcohol motifs (C(OH)–C–C–N with tert-alkyl or cyclic N) is 1. The standard InChI is InChI=1S/C16H20ClN3O6S2/c17-20(27(23,24)13-4-2-1-3-5-13)9-8-12-6-7-14(15(21)10-12)19-11-16(22)18-28(19,25)26/h1-7,10,16,18,21-22,25-26H,8-9,11H2. The lowest BCUT2D eigenvalue weighted by molar-refractivity contribution is 0.182. The van der Waals surface area contributed by atoms with Crippen LogP contribution in [0.1, 0.15) is 5.56 Å². The summed E-state index contributed by atoms with van der Waals surface area (Å²) in [7, 11) is -7.27. The Hall–Kier alpha value is -1.57. The van der Waals surface area contributed by atoms with Gasteiger partial charge in [0.15, 0.2) is 0 Å². The molecular weight excluding hydrogens is 430 g/mol. The van der Waals surface area contributed by atoms with Crippen LogP contribution in [0.5, 0.6) is 5.75 Å². The molecule has 1 saturated heterocycles. The van der Waals surface area contributed by atoms with Crippen molar-refractivity contribution in [2.45, 2.75) is 17.5 Å². The summed E-state index contributed by atoms with van der Waals surface area (Å²) in [5, 5.41) is 19.8. The summed E-state index contributed by atoms with van der Waals surface area (Å²) in [5.41, 5.74) is 0.729. The van der Waals surface area contributed by atoms with E-state index in [1.54, 1.807) is 24.3 Å². The van der Waals surface area contributed by atoms with Gasteiger partial charge >= 0.3 is 0 Å². The van der Waals surface area contributed by atoms with E-state index >= 15 is 0 Å². The van der Waals surface area contributed by atoms with Crippen LogP contribution in [0, 0.1) is 0 Å². The van der Waals surface area contributed by atoms with Crippen molar-refractivity contribution in [2.24, 2.45) is 0 Å². The van der Waals surface area contributed by atoms with Gasteiger partial charge in [-0.3, -0.25) is 13.4 Å². The van der Waals surface area contributed by atoms with Crippen molar-refractivity contribution in [3.05, 3.63) is 54.1 Å². The summed E-state index contributed by atoms with van der Waals surface area (Å²) in [5.74, 6) is -0.236. The van der Waals surface area contributed by atoms with E-state index < -0.39 is 27.2 Å². The number of nitrogens with one attached hydrogen (secondary N) is 1. The third-order valence-electron chi connectivity index (χ3n) is 4.13. The highest BCUT2D eigenvalue weighted by molar-refractivity contribution is 8.24. The number of sulfonamides is 1. The summed E-state index contributed by atoms with van der Waals surface area (Å²) in [6.45, 7) is -0.142. The van der Waals surface area contributed by atoms with Gasteiger partial charge in [-0.15, -0.1) is 3.82 Å². The number of hydrogen-bond acceptors (Lipinski definition) is 8. The fraction of sp³-hybridized carbons (Fsp3) is 0.250. The highest BCUT2D eigenvalue weighted by Gasteiger charge is 2.36. The fourth-order valence-electron chi connectivity index (χ4n) is 2.76. The van der Waals surface area contributed by atoms with Crippen molar-refractivity contribution in [2.75, 3.05) is 17.4 Å². The van der Waals surface area contributed by atoms with Crippen LogP contribution in [0.4, 0.5) is 5.69 Å². The molecule has 3 rings (SSSR count). The van der Waals surface area contributed by atoms with Crippen LogP contribution in [-0.2, 0) is 16.4 Å². The first-order valence-corrected chi connectivity index (χ1v) is 11.5. The monoisotopic (exact) mass is 449 g/mol. The van der Waals surface area contributed by atoms with Crippen LogP contribution in [-0.4, -0.2) is 50.9 Å². The molecule has 2 aromatic carbocycles. The molecule has 5 N–H and O–H groups in total. The van der Waals surface area contributed by atoms with Crippen LogP contribution in [0.2, 0.25) is 0 Å². The van der Waals surface area contributed by atoms with Crippen LogP contribution >= 0.6 is 22.7 Å². The van der Waals surface area contributed by atoms with Gasteiger partial charge in [0.2, 0.25) is 0 Å². The lowest BCUT2D eigenvalue weighted by Gasteiger charge is -2.36. The number of aliphatic hydroxyl groups is 1. The second kappa shape index (κ2) is 8.05. The van der Waals surface area contributed by atoms with Crippen molar-refractivity contribution in [3.8, 4) is 5.75 Å². The van der Waals surface area contributed by atoms with Crippen molar-refractivity contribution < 1.29 is 27.7 Å². The number of aliphatic hydroxyl groups excluding tert-OH is 1.